The van der Waals surface area contributed by atoms with E-state index in [-0.39, 0.29) is 0 Å². The molecule has 0 bridgehead atoms. The van der Waals surface area contributed by atoms with Crippen LogP contribution in [0.15, 0.2) is 48.5 Å². The van der Waals surface area contributed by atoms with Crippen molar-refractivity contribution in [1.29, 1.82) is 5.26 Å². The minimum Gasteiger partial charge on any atom is -0.492 e. The van der Waals surface area contributed by atoms with Crippen LogP contribution in [0.5, 0.6) is 5.75 Å². The average molecular weight is 258 g/mol. The predicted molar refractivity (Wildman–Crippen MR) is 72.8 cm³/mol. The molecule has 2 aromatic rings. The van der Waals surface area contributed by atoms with Gasteiger partial charge < -0.3 is 4.74 Å². The zero-order valence-electron chi connectivity index (χ0n) is 9.77. The van der Waals surface area contributed by atoms with Gasteiger partial charge in [-0.25, -0.2) is 0 Å². The van der Waals surface area contributed by atoms with Crippen LogP contribution in [0.2, 0.25) is 0 Å². The molecule has 0 amide bonds. The van der Waals surface area contributed by atoms with Gasteiger partial charge in [-0.1, -0.05) is 30.3 Å². The largest absolute Gasteiger partial charge is 0.492 e. The number of alkyl halides is 1. The minimum absolute atomic E-state index is 0.471. The summed E-state index contributed by atoms with van der Waals surface area (Å²) in [6.45, 7) is 0.496. The monoisotopic (exact) mass is 257 g/mol. The molecule has 0 aromatic heterocycles. The molecule has 0 fully saturated rings. The number of halogens is 1. The highest BCUT2D eigenvalue weighted by molar-refractivity contribution is 6.18. The standard InChI is InChI=1S/C15H12ClNO/c16-9-10-18-14-7-5-12(6-8-14)15-4-2-1-3-13(15)11-17/h1-8H,9-10H2. The predicted octanol–water partition coefficient (Wildman–Crippen LogP) is 3.84. The van der Waals surface area contributed by atoms with Gasteiger partial charge in [0.25, 0.3) is 0 Å². The summed E-state index contributed by atoms with van der Waals surface area (Å²) in [4.78, 5) is 0. The van der Waals surface area contributed by atoms with E-state index in [9.17, 15) is 0 Å². The number of benzene rings is 2. The molecule has 0 saturated heterocycles. The molecular weight excluding hydrogens is 246 g/mol. The summed E-state index contributed by atoms with van der Waals surface area (Å²) in [5, 5.41) is 9.06. The number of hydrogen-bond donors (Lipinski definition) is 0. The van der Waals surface area contributed by atoms with Crippen molar-refractivity contribution in [2.24, 2.45) is 0 Å². The molecule has 0 aliphatic carbocycles. The van der Waals surface area contributed by atoms with Crippen molar-refractivity contribution < 1.29 is 4.74 Å². The Balaban J connectivity index is 2.27. The maximum atomic E-state index is 9.06. The Morgan fingerprint density at radius 3 is 2.44 bits per heavy atom. The zero-order valence-corrected chi connectivity index (χ0v) is 10.5. The van der Waals surface area contributed by atoms with Crippen LogP contribution in [0, 0.1) is 11.3 Å². The summed E-state index contributed by atoms with van der Waals surface area (Å²) in [5.41, 5.74) is 2.61. The van der Waals surface area contributed by atoms with Crippen LogP contribution >= 0.6 is 11.6 Å². The number of ether oxygens (including phenoxy) is 1. The van der Waals surface area contributed by atoms with E-state index in [4.69, 9.17) is 21.6 Å². The van der Waals surface area contributed by atoms with Crippen LogP contribution in [-0.2, 0) is 0 Å². The fraction of sp³-hybridized carbons (Fsp3) is 0.133. The Morgan fingerprint density at radius 2 is 1.78 bits per heavy atom. The first kappa shape index (κ1) is 12.5. The van der Waals surface area contributed by atoms with Crippen molar-refractivity contribution in [2.75, 3.05) is 12.5 Å². The van der Waals surface area contributed by atoms with E-state index in [0.717, 1.165) is 16.9 Å². The summed E-state index contributed by atoms with van der Waals surface area (Å²) in [5.74, 6) is 1.26. The van der Waals surface area contributed by atoms with Crippen molar-refractivity contribution in [3.63, 3.8) is 0 Å². The molecule has 2 aromatic carbocycles. The second-order valence-corrected chi connectivity index (χ2v) is 4.10. The molecule has 0 saturated carbocycles. The van der Waals surface area contributed by atoms with E-state index >= 15 is 0 Å². The molecule has 3 heteroatoms. The van der Waals surface area contributed by atoms with Gasteiger partial charge >= 0.3 is 0 Å². The van der Waals surface area contributed by atoms with E-state index in [2.05, 4.69) is 6.07 Å². The number of nitriles is 1. The number of rotatable bonds is 4. The van der Waals surface area contributed by atoms with Crippen LogP contribution < -0.4 is 4.74 Å². The molecule has 0 N–H and O–H groups in total. The molecule has 90 valence electrons. The van der Waals surface area contributed by atoms with E-state index in [1.807, 2.05) is 48.5 Å². The second-order valence-electron chi connectivity index (χ2n) is 3.72. The first-order valence-corrected chi connectivity index (χ1v) is 6.17. The SMILES string of the molecule is N#Cc1ccccc1-c1ccc(OCCCl)cc1. The first-order chi connectivity index (χ1) is 8.85. The third-order valence-electron chi connectivity index (χ3n) is 2.56. The summed E-state index contributed by atoms with van der Waals surface area (Å²) >= 11 is 5.56. The van der Waals surface area contributed by atoms with Crippen molar-refractivity contribution in [1.82, 2.24) is 0 Å². The quantitative estimate of drug-likeness (QED) is 0.780. The Hall–Kier alpha value is -1.98. The van der Waals surface area contributed by atoms with Crippen LogP contribution in [0.25, 0.3) is 11.1 Å². The highest BCUT2D eigenvalue weighted by Crippen LogP contribution is 2.25. The zero-order chi connectivity index (χ0) is 12.8. The lowest BCUT2D eigenvalue weighted by Crippen LogP contribution is -1.97. The topological polar surface area (TPSA) is 33.0 Å². The highest BCUT2D eigenvalue weighted by atomic mass is 35.5. The fourth-order valence-corrected chi connectivity index (χ4v) is 1.80. The lowest BCUT2D eigenvalue weighted by Gasteiger charge is -2.07. The van der Waals surface area contributed by atoms with Crippen LogP contribution in [0.1, 0.15) is 5.56 Å². The van der Waals surface area contributed by atoms with E-state index < -0.39 is 0 Å². The van der Waals surface area contributed by atoms with Crippen molar-refractivity contribution in [3.05, 3.63) is 54.1 Å². The van der Waals surface area contributed by atoms with Crippen molar-refractivity contribution in [2.45, 2.75) is 0 Å². The smallest absolute Gasteiger partial charge is 0.119 e. The summed E-state index contributed by atoms with van der Waals surface area (Å²) in [6, 6.07) is 17.4. The summed E-state index contributed by atoms with van der Waals surface area (Å²) in [7, 11) is 0. The lowest BCUT2D eigenvalue weighted by atomic mass is 10.0. The van der Waals surface area contributed by atoms with E-state index in [1.54, 1.807) is 0 Å². The van der Waals surface area contributed by atoms with Crippen LogP contribution in [-0.4, -0.2) is 12.5 Å². The normalized spacial score (nSPS) is 9.78. The lowest BCUT2D eigenvalue weighted by molar-refractivity contribution is 0.343. The minimum atomic E-state index is 0.471. The van der Waals surface area contributed by atoms with Crippen LogP contribution in [0.3, 0.4) is 0 Å². The maximum absolute atomic E-state index is 9.06. The van der Waals surface area contributed by atoms with Gasteiger partial charge in [0.2, 0.25) is 0 Å². The van der Waals surface area contributed by atoms with E-state index in [0.29, 0.717) is 18.1 Å². The van der Waals surface area contributed by atoms with Crippen LogP contribution in [0.4, 0.5) is 0 Å². The van der Waals surface area contributed by atoms with Gasteiger partial charge in [-0.05, 0) is 29.3 Å². The van der Waals surface area contributed by atoms with Gasteiger partial charge in [-0.15, -0.1) is 11.6 Å². The van der Waals surface area contributed by atoms with Gasteiger partial charge in [0.1, 0.15) is 12.4 Å². The molecule has 0 spiro atoms. The number of hydrogen-bond acceptors (Lipinski definition) is 2. The van der Waals surface area contributed by atoms with Gasteiger partial charge in [0.05, 0.1) is 17.5 Å². The third-order valence-corrected chi connectivity index (χ3v) is 2.71. The molecule has 0 aliphatic heterocycles. The number of nitrogens with zero attached hydrogens (tertiary/aromatic N) is 1. The Bertz CT molecular complexity index is 557. The summed E-state index contributed by atoms with van der Waals surface area (Å²) in [6.07, 6.45) is 0. The Kier molecular flexibility index (Phi) is 4.22. The van der Waals surface area contributed by atoms with Crippen molar-refractivity contribution in [3.8, 4) is 22.9 Å². The van der Waals surface area contributed by atoms with Gasteiger partial charge in [0.15, 0.2) is 0 Å². The fourth-order valence-electron chi connectivity index (χ4n) is 1.72. The van der Waals surface area contributed by atoms with Gasteiger partial charge in [0, 0.05) is 0 Å². The van der Waals surface area contributed by atoms with E-state index in [1.165, 1.54) is 0 Å². The Morgan fingerprint density at radius 1 is 1.06 bits per heavy atom. The molecule has 0 unspecified atom stereocenters. The molecule has 0 heterocycles. The highest BCUT2D eigenvalue weighted by Gasteiger charge is 2.03. The first-order valence-electron chi connectivity index (χ1n) is 5.63. The second kappa shape index (κ2) is 6.09. The molecule has 0 radical (unpaired) electrons. The molecule has 0 aliphatic rings. The Labute approximate surface area is 111 Å². The average Bonchev–Trinajstić information content (AvgIpc) is 2.45. The molecular formula is C15H12ClNO. The third kappa shape index (κ3) is 2.82. The van der Waals surface area contributed by atoms with Gasteiger partial charge in [-0.3, -0.25) is 0 Å². The molecule has 0 atom stereocenters. The maximum Gasteiger partial charge on any atom is 0.119 e. The van der Waals surface area contributed by atoms with Gasteiger partial charge in [-0.2, -0.15) is 5.26 Å². The molecule has 18 heavy (non-hydrogen) atoms. The van der Waals surface area contributed by atoms with Crippen molar-refractivity contribution >= 4 is 11.6 Å². The molecule has 2 nitrogen and oxygen atoms in total. The molecule has 2 rings (SSSR count). The summed E-state index contributed by atoms with van der Waals surface area (Å²) < 4.78 is 5.41.